The van der Waals surface area contributed by atoms with E-state index < -0.39 is 6.10 Å². The number of halogens is 3. The highest BCUT2D eigenvalue weighted by Gasteiger charge is 2.22. The summed E-state index contributed by atoms with van der Waals surface area (Å²) < 4.78 is 1.94. The van der Waals surface area contributed by atoms with Crippen molar-refractivity contribution in [3.63, 3.8) is 0 Å². The van der Waals surface area contributed by atoms with Gasteiger partial charge < -0.3 is 10.8 Å². The summed E-state index contributed by atoms with van der Waals surface area (Å²) in [6.07, 6.45) is 0.421. The van der Waals surface area contributed by atoms with Crippen LogP contribution in [0, 0.1) is 5.92 Å². The van der Waals surface area contributed by atoms with E-state index >= 15 is 0 Å². The first kappa shape index (κ1) is 17.4. The smallest absolute Gasteiger partial charge is 0.0758 e. The fraction of sp³-hybridized carbons (Fsp3) is 0.500. The maximum atomic E-state index is 10.0. The molecular formula is C12H18Br2ClNO. The van der Waals surface area contributed by atoms with Crippen LogP contribution < -0.4 is 5.73 Å². The molecule has 0 spiro atoms. The molecule has 1 rings (SSSR count). The second-order valence-electron chi connectivity index (χ2n) is 4.08. The molecule has 1 aromatic rings. The first-order chi connectivity index (χ1) is 7.47. The van der Waals surface area contributed by atoms with Gasteiger partial charge in [-0.3, -0.25) is 0 Å². The normalized spacial score (nSPS) is 15.9. The van der Waals surface area contributed by atoms with Gasteiger partial charge in [-0.2, -0.15) is 0 Å². The van der Waals surface area contributed by atoms with Crippen molar-refractivity contribution in [3.8, 4) is 0 Å². The lowest BCUT2D eigenvalue weighted by Gasteiger charge is -2.24. The van der Waals surface area contributed by atoms with Crippen molar-refractivity contribution in [1.29, 1.82) is 0 Å². The number of benzene rings is 1. The minimum atomic E-state index is -0.502. The van der Waals surface area contributed by atoms with E-state index in [0.717, 1.165) is 20.9 Å². The maximum absolute atomic E-state index is 10.0. The fourth-order valence-electron chi connectivity index (χ4n) is 1.51. The monoisotopic (exact) mass is 385 g/mol. The molecule has 2 nitrogen and oxygen atoms in total. The van der Waals surface area contributed by atoms with Gasteiger partial charge in [-0.1, -0.05) is 26.3 Å². The van der Waals surface area contributed by atoms with E-state index in [9.17, 15) is 5.11 Å². The zero-order valence-electron chi connectivity index (χ0n) is 9.86. The molecule has 17 heavy (non-hydrogen) atoms. The summed E-state index contributed by atoms with van der Waals surface area (Å²) in [4.78, 5) is 0. The van der Waals surface area contributed by atoms with Crippen LogP contribution in [-0.4, -0.2) is 11.2 Å². The molecule has 0 heterocycles. The SMILES string of the molecule is CCC(C)[C@@H](O)[C@@H](N)c1ccc(Br)c(Br)c1.Cl. The summed E-state index contributed by atoms with van der Waals surface area (Å²) in [5.74, 6) is 0.206. The van der Waals surface area contributed by atoms with Gasteiger partial charge in [0.15, 0.2) is 0 Å². The van der Waals surface area contributed by atoms with Crippen LogP contribution >= 0.6 is 44.3 Å². The Hall–Kier alpha value is 0.390. The van der Waals surface area contributed by atoms with Gasteiger partial charge in [0.1, 0.15) is 0 Å². The molecule has 3 atom stereocenters. The predicted molar refractivity (Wildman–Crippen MR) is 81.5 cm³/mol. The van der Waals surface area contributed by atoms with E-state index in [0.29, 0.717) is 0 Å². The molecule has 0 radical (unpaired) electrons. The highest BCUT2D eigenvalue weighted by atomic mass is 79.9. The summed E-state index contributed by atoms with van der Waals surface area (Å²) in [7, 11) is 0. The van der Waals surface area contributed by atoms with Crippen molar-refractivity contribution in [3.05, 3.63) is 32.7 Å². The summed E-state index contributed by atoms with van der Waals surface area (Å²) in [6, 6.07) is 5.48. The zero-order chi connectivity index (χ0) is 12.3. The van der Waals surface area contributed by atoms with Crippen molar-refractivity contribution in [1.82, 2.24) is 0 Å². The molecule has 0 aliphatic heterocycles. The van der Waals surface area contributed by atoms with Crippen molar-refractivity contribution in [2.24, 2.45) is 11.7 Å². The fourth-order valence-corrected chi connectivity index (χ4v) is 2.16. The molecule has 5 heteroatoms. The minimum Gasteiger partial charge on any atom is -0.391 e. The molecule has 0 aliphatic rings. The van der Waals surface area contributed by atoms with Gasteiger partial charge in [-0.25, -0.2) is 0 Å². The van der Waals surface area contributed by atoms with Crippen LogP contribution in [0.15, 0.2) is 27.1 Å². The van der Waals surface area contributed by atoms with Crippen molar-refractivity contribution < 1.29 is 5.11 Å². The molecule has 0 aliphatic carbocycles. The number of rotatable bonds is 4. The van der Waals surface area contributed by atoms with E-state index in [2.05, 4.69) is 38.8 Å². The van der Waals surface area contributed by atoms with E-state index in [-0.39, 0.29) is 24.4 Å². The average Bonchev–Trinajstić information content (AvgIpc) is 2.29. The first-order valence-electron chi connectivity index (χ1n) is 5.36. The van der Waals surface area contributed by atoms with E-state index in [1.54, 1.807) is 0 Å². The second kappa shape index (κ2) is 7.74. The third kappa shape index (κ3) is 4.52. The lowest BCUT2D eigenvalue weighted by atomic mass is 9.92. The quantitative estimate of drug-likeness (QED) is 0.819. The Morgan fingerprint density at radius 2 is 1.88 bits per heavy atom. The van der Waals surface area contributed by atoms with Gasteiger partial charge in [0, 0.05) is 8.95 Å². The van der Waals surface area contributed by atoms with Gasteiger partial charge in [-0.05, 0) is 55.5 Å². The largest absolute Gasteiger partial charge is 0.391 e. The summed E-state index contributed by atoms with van der Waals surface area (Å²) >= 11 is 6.84. The van der Waals surface area contributed by atoms with Crippen molar-refractivity contribution in [2.45, 2.75) is 32.4 Å². The minimum absolute atomic E-state index is 0. The highest BCUT2D eigenvalue weighted by molar-refractivity contribution is 9.13. The lowest BCUT2D eigenvalue weighted by Crippen LogP contribution is -2.31. The topological polar surface area (TPSA) is 46.2 Å². The summed E-state index contributed by atoms with van der Waals surface area (Å²) in [5.41, 5.74) is 6.99. The maximum Gasteiger partial charge on any atom is 0.0758 e. The standard InChI is InChI=1S/C12H17Br2NO.ClH/c1-3-7(2)12(16)11(15)8-4-5-9(13)10(14)6-8;/h4-7,11-12,16H,3,15H2,1-2H3;1H/t7?,11-,12+;/m0./s1. The van der Waals surface area contributed by atoms with Crippen LogP contribution in [0.1, 0.15) is 31.9 Å². The number of nitrogens with two attached hydrogens (primary N) is 1. The van der Waals surface area contributed by atoms with Gasteiger partial charge in [0.05, 0.1) is 12.1 Å². The number of aliphatic hydroxyl groups excluding tert-OH is 1. The van der Waals surface area contributed by atoms with E-state index in [4.69, 9.17) is 5.73 Å². The van der Waals surface area contributed by atoms with Crippen LogP contribution in [0.3, 0.4) is 0 Å². The first-order valence-corrected chi connectivity index (χ1v) is 6.94. The molecular weight excluding hydrogens is 369 g/mol. The molecule has 0 saturated carbocycles. The van der Waals surface area contributed by atoms with E-state index in [1.165, 1.54) is 0 Å². The Kier molecular flexibility index (Phi) is 7.92. The Morgan fingerprint density at radius 1 is 1.29 bits per heavy atom. The van der Waals surface area contributed by atoms with Crippen molar-refractivity contribution in [2.75, 3.05) is 0 Å². The molecule has 1 unspecified atom stereocenters. The molecule has 98 valence electrons. The molecule has 0 saturated heterocycles. The van der Waals surface area contributed by atoms with E-state index in [1.807, 2.05) is 25.1 Å². The molecule has 0 aromatic heterocycles. The molecule has 0 bridgehead atoms. The van der Waals surface area contributed by atoms with Crippen LogP contribution in [0.4, 0.5) is 0 Å². The van der Waals surface area contributed by atoms with Crippen LogP contribution in [0.5, 0.6) is 0 Å². The molecule has 0 amide bonds. The third-order valence-electron chi connectivity index (χ3n) is 2.92. The van der Waals surface area contributed by atoms with Gasteiger partial charge in [0.2, 0.25) is 0 Å². The molecule has 0 fully saturated rings. The second-order valence-corrected chi connectivity index (χ2v) is 5.78. The molecule has 3 N–H and O–H groups in total. The Labute approximate surface area is 126 Å². The van der Waals surface area contributed by atoms with Gasteiger partial charge >= 0.3 is 0 Å². The summed E-state index contributed by atoms with van der Waals surface area (Å²) in [6.45, 7) is 4.07. The Balaban J connectivity index is 0.00000256. The van der Waals surface area contributed by atoms with Crippen LogP contribution in [0.25, 0.3) is 0 Å². The Morgan fingerprint density at radius 3 is 2.35 bits per heavy atom. The van der Waals surface area contributed by atoms with Gasteiger partial charge in [-0.15, -0.1) is 12.4 Å². The van der Waals surface area contributed by atoms with Crippen LogP contribution in [0.2, 0.25) is 0 Å². The number of aliphatic hydroxyl groups is 1. The predicted octanol–water partition coefficient (Wildman–Crippen LogP) is 4.04. The highest BCUT2D eigenvalue weighted by Crippen LogP contribution is 2.28. The Bertz CT molecular complexity index is 362. The third-order valence-corrected chi connectivity index (χ3v) is 4.80. The number of hydrogen-bond acceptors (Lipinski definition) is 2. The van der Waals surface area contributed by atoms with Gasteiger partial charge in [0.25, 0.3) is 0 Å². The number of hydrogen-bond donors (Lipinski definition) is 2. The average molecular weight is 388 g/mol. The van der Waals surface area contributed by atoms with Crippen LogP contribution in [-0.2, 0) is 0 Å². The molecule has 1 aromatic carbocycles. The summed E-state index contributed by atoms with van der Waals surface area (Å²) in [5, 5.41) is 10.0. The lowest BCUT2D eigenvalue weighted by molar-refractivity contribution is 0.0880. The van der Waals surface area contributed by atoms with Crippen molar-refractivity contribution >= 4 is 44.3 Å². The zero-order valence-corrected chi connectivity index (χ0v) is 13.8.